The van der Waals surface area contributed by atoms with Crippen LogP contribution in [0, 0.1) is 5.82 Å². The lowest BCUT2D eigenvalue weighted by Crippen LogP contribution is -2.18. The fourth-order valence-corrected chi connectivity index (χ4v) is 2.62. The number of anilines is 1. The Kier molecular flexibility index (Phi) is 4.15. The molecule has 0 atom stereocenters. The molecule has 0 aliphatic heterocycles. The van der Waals surface area contributed by atoms with E-state index in [1.807, 2.05) is 22.9 Å². The molecule has 0 unspecified atom stereocenters. The molecule has 0 aliphatic carbocycles. The molecule has 1 aromatic heterocycles. The molecule has 1 amide bonds. The Labute approximate surface area is 134 Å². The summed E-state index contributed by atoms with van der Waals surface area (Å²) in [6.45, 7) is 4.46. The van der Waals surface area contributed by atoms with Crippen LogP contribution in [-0.4, -0.2) is 10.5 Å². The number of para-hydroxylation sites is 1. The van der Waals surface area contributed by atoms with Crippen molar-refractivity contribution in [1.29, 1.82) is 0 Å². The summed E-state index contributed by atoms with van der Waals surface area (Å²) in [5.74, 6) is -0.215. The van der Waals surface area contributed by atoms with E-state index in [2.05, 4.69) is 31.3 Å². The normalized spacial score (nSPS) is 11.1. The molecule has 3 nitrogen and oxygen atoms in total. The molecule has 0 radical (unpaired) electrons. The Balaban J connectivity index is 1.79. The van der Waals surface area contributed by atoms with E-state index in [0.717, 1.165) is 10.9 Å². The zero-order valence-corrected chi connectivity index (χ0v) is 13.2. The van der Waals surface area contributed by atoms with E-state index in [4.69, 9.17) is 0 Å². The van der Waals surface area contributed by atoms with Gasteiger partial charge < -0.3 is 9.88 Å². The second-order valence-corrected chi connectivity index (χ2v) is 5.94. The lowest BCUT2D eigenvalue weighted by Gasteiger charge is -2.09. The van der Waals surface area contributed by atoms with Crippen molar-refractivity contribution in [2.45, 2.75) is 26.3 Å². The molecule has 4 heteroatoms. The number of nitrogens with zero attached hydrogens (tertiary/aromatic N) is 1. The Hall–Kier alpha value is -2.62. The Morgan fingerprint density at radius 2 is 1.96 bits per heavy atom. The molecular formula is C19H19FN2O. The highest BCUT2D eigenvalue weighted by atomic mass is 19.1. The number of aromatic nitrogens is 1. The van der Waals surface area contributed by atoms with E-state index in [9.17, 15) is 9.18 Å². The Bertz CT molecular complexity index is 851. The van der Waals surface area contributed by atoms with Crippen molar-refractivity contribution in [2.24, 2.45) is 0 Å². The third kappa shape index (κ3) is 3.26. The monoisotopic (exact) mass is 310 g/mol. The molecule has 2 aromatic carbocycles. The van der Waals surface area contributed by atoms with Gasteiger partial charge in [-0.05, 0) is 47.2 Å². The van der Waals surface area contributed by atoms with Crippen molar-refractivity contribution in [2.75, 3.05) is 5.32 Å². The van der Waals surface area contributed by atoms with Crippen LogP contribution in [0.3, 0.4) is 0 Å². The van der Waals surface area contributed by atoms with Crippen LogP contribution in [-0.2, 0) is 11.3 Å². The molecule has 0 saturated heterocycles. The van der Waals surface area contributed by atoms with Crippen LogP contribution < -0.4 is 5.32 Å². The summed E-state index contributed by atoms with van der Waals surface area (Å²) >= 11 is 0. The second kappa shape index (κ2) is 6.24. The number of carbonyl (C=O) groups is 1. The number of rotatable bonds is 4. The van der Waals surface area contributed by atoms with Gasteiger partial charge in [-0.25, -0.2) is 4.39 Å². The van der Waals surface area contributed by atoms with Gasteiger partial charge in [-0.2, -0.15) is 0 Å². The minimum Gasteiger partial charge on any atom is -0.338 e. The number of hydrogen-bond acceptors (Lipinski definition) is 1. The third-order valence-electron chi connectivity index (χ3n) is 3.92. The predicted octanol–water partition coefficient (Wildman–Crippen LogP) is 4.54. The van der Waals surface area contributed by atoms with Crippen molar-refractivity contribution < 1.29 is 9.18 Å². The maximum Gasteiger partial charge on any atom is 0.244 e. The minimum atomic E-state index is -0.431. The Morgan fingerprint density at radius 3 is 2.70 bits per heavy atom. The van der Waals surface area contributed by atoms with Crippen LogP contribution in [0.1, 0.15) is 25.3 Å². The van der Waals surface area contributed by atoms with Gasteiger partial charge in [-0.1, -0.05) is 32.0 Å². The van der Waals surface area contributed by atoms with E-state index >= 15 is 0 Å². The molecule has 0 aliphatic rings. The highest BCUT2D eigenvalue weighted by molar-refractivity contribution is 5.92. The topological polar surface area (TPSA) is 34.0 Å². The van der Waals surface area contributed by atoms with Gasteiger partial charge in [0.15, 0.2) is 0 Å². The summed E-state index contributed by atoms with van der Waals surface area (Å²) in [4.78, 5) is 12.2. The molecule has 0 bridgehead atoms. The SMILES string of the molecule is CC(C)c1ccc2c(ccn2CC(=O)Nc2ccccc2F)c1. The number of amides is 1. The molecule has 1 N–H and O–H groups in total. The zero-order chi connectivity index (χ0) is 16.4. The van der Waals surface area contributed by atoms with Gasteiger partial charge in [0, 0.05) is 11.7 Å². The number of carbonyl (C=O) groups excluding carboxylic acids is 1. The summed E-state index contributed by atoms with van der Waals surface area (Å²) < 4.78 is 15.5. The molecule has 0 saturated carbocycles. The second-order valence-electron chi connectivity index (χ2n) is 5.94. The first-order valence-electron chi connectivity index (χ1n) is 7.68. The van der Waals surface area contributed by atoms with E-state index in [1.165, 1.54) is 11.6 Å². The number of hydrogen-bond donors (Lipinski definition) is 1. The highest BCUT2D eigenvalue weighted by Crippen LogP contribution is 2.22. The van der Waals surface area contributed by atoms with Crippen molar-refractivity contribution in [3.05, 3.63) is 66.1 Å². The standard InChI is InChI=1S/C19H19FN2O/c1-13(2)14-7-8-18-15(11-14)9-10-22(18)12-19(23)21-17-6-4-3-5-16(17)20/h3-11,13H,12H2,1-2H3,(H,21,23). The van der Waals surface area contributed by atoms with Crippen LogP contribution in [0.2, 0.25) is 0 Å². The van der Waals surface area contributed by atoms with Gasteiger partial charge in [0.05, 0.1) is 5.69 Å². The number of benzene rings is 2. The first-order chi connectivity index (χ1) is 11.0. The van der Waals surface area contributed by atoms with Crippen LogP contribution >= 0.6 is 0 Å². The van der Waals surface area contributed by atoms with E-state index in [-0.39, 0.29) is 18.1 Å². The van der Waals surface area contributed by atoms with E-state index in [1.54, 1.807) is 18.2 Å². The summed E-state index contributed by atoms with van der Waals surface area (Å²) in [5, 5.41) is 3.71. The molecule has 23 heavy (non-hydrogen) atoms. The van der Waals surface area contributed by atoms with Crippen molar-refractivity contribution in [3.63, 3.8) is 0 Å². The average Bonchev–Trinajstić information content (AvgIpc) is 2.92. The predicted molar refractivity (Wildman–Crippen MR) is 91.1 cm³/mol. The van der Waals surface area contributed by atoms with Gasteiger partial charge in [0.25, 0.3) is 0 Å². The van der Waals surface area contributed by atoms with Crippen LogP contribution in [0.15, 0.2) is 54.7 Å². The lowest BCUT2D eigenvalue weighted by molar-refractivity contribution is -0.116. The van der Waals surface area contributed by atoms with Crippen molar-refractivity contribution in [3.8, 4) is 0 Å². The highest BCUT2D eigenvalue weighted by Gasteiger charge is 2.10. The fraction of sp³-hybridized carbons (Fsp3) is 0.211. The summed E-state index contributed by atoms with van der Waals surface area (Å²) in [5.41, 5.74) is 2.47. The maximum atomic E-state index is 13.6. The van der Waals surface area contributed by atoms with Gasteiger partial charge in [-0.15, -0.1) is 0 Å². The van der Waals surface area contributed by atoms with E-state index < -0.39 is 5.82 Å². The van der Waals surface area contributed by atoms with Crippen molar-refractivity contribution in [1.82, 2.24) is 4.57 Å². The number of fused-ring (bicyclic) bond motifs is 1. The molecule has 3 rings (SSSR count). The minimum absolute atomic E-state index is 0.152. The largest absolute Gasteiger partial charge is 0.338 e. The molecule has 0 spiro atoms. The first-order valence-corrected chi connectivity index (χ1v) is 7.68. The van der Waals surface area contributed by atoms with Crippen LogP contribution in [0.5, 0.6) is 0 Å². The molecule has 1 heterocycles. The van der Waals surface area contributed by atoms with Gasteiger partial charge in [-0.3, -0.25) is 4.79 Å². The average molecular weight is 310 g/mol. The quantitative estimate of drug-likeness (QED) is 0.754. The molecule has 0 fully saturated rings. The lowest BCUT2D eigenvalue weighted by atomic mass is 10.0. The molecule has 118 valence electrons. The summed E-state index contributed by atoms with van der Waals surface area (Å²) in [6, 6.07) is 14.4. The number of halogens is 1. The summed E-state index contributed by atoms with van der Waals surface area (Å²) in [6.07, 6.45) is 1.88. The first kappa shape index (κ1) is 15.3. The van der Waals surface area contributed by atoms with Crippen LogP contribution in [0.4, 0.5) is 10.1 Å². The maximum absolute atomic E-state index is 13.6. The number of nitrogens with one attached hydrogen (secondary N) is 1. The fourth-order valence-electron chi connectivity index (χ4n) is 2.62. The van der Waals surface area contributed by atoms with E-state index in [0.29, 0.717) is 5.92 Å². The van der Waals surface area contributed by atoms with Gasteiger partial charge in [0.2, 0.25) is 5.91 Å². The Morgan fingerprint density at radius 1 is 1.17 bits per heavy atom. The molecule has 3 aromatic rings. The smallest absolute Gasteiger partial charge is 0.244 e. The third-order valence-corrected chi connectivity index (χ3v) is 3.92. The molecular weight excluding hydrogens is 291 g/mol. The van der Waals surface area contributed by atoms with Crippen molar-refractivity contribution >= 4 is 22.5 Å². The van der Waals surface area contributed by atoms with Gasteiger partial charge >= 0.3 is 0 Å². The zero-order valence-electron chi connectivity index (χ0n) is 13.2. The summed E-state index contributed by atoms with van der Waals surface area (Å²) in [7, 11) is 0. The van der Waals surface area contributed by atoms with Gasteiger partial charge in [0.1, 0.15) is 12.4 Å². The van der Waals surface area contributed by atoms with Crippen LogP contribution in [0.25, 0.3) is 10.9 Å².